The Hall–Kier alpha value is -3.94. The van der Waals surface area contributed by atoms with Gasteiger partial charge in [0.1, 0.15) is 22.7 Å². The molecule has 0 fully saturated rings. The van der Waals surface area contributed by atoms with Crippen LogP contribution >= 0.6 is 0 Å². The number of primary amides is 1. The molecule has 13 nitrogen and oxygen atoms in total. The van der Waals surface area contributed by atoms with Gasteiger partial charge >= 0.3 is 6.09 Å². The zero-order valence-corrected chi connectivity index (χ0v) is 22.8. The number of aromatic hydroxyl groups is 1. The van der Waals surface area contributed by atoms with Crippen LogP contribution in [0.2, 0.25) is 0 Å². The average Bonchev–Trinajstić information content (AvgIpc) is 2.81. The molecule has 0 saturated heterocycles. The molecule has 0 saturated carbocycles. The van der Waals surface area contributed by atoms with E-state index in [1.807, 2.05) is 0 Å². The molecule has 8 N–H and O–H groups in total. The van der Waals surface area contributed by atoms with Gasteiger partial charge in [0.05, 0.1) is 29.3 Å². The maximum absolute atomic E-state index is 13.8. The molecule has 3 aliphatic carbocycles. The molecule has 0 aliphatic heterocycles. The summed E-state index contributed by atoms with van der Waals surface area (Å²) in [5, 5.41) is 58.9. The third-order valence-electron chi connectivity index (χ3n) is 7.77. The van der Waals surface area contributed by atoms with E-state index in [0.717, 1.165) is 0 Å². The molecule has 40 heavy (non-hydrogen) atoms. The lowest BCUT2D eigenvalue weighted by atomic mass is 9.55. The Morgan fingerprint density at radius 2 is 1.73 bits per heavy atom. The number of fused-ring (bicyclic) bond motifs is 3. The zero-order valence-electron chi connectivity index (χ0n) is 22.8. The van der Waals surface area contributed by atoms with Crippen molar-refractivity contribution in [3.8, 4) is 5.75 Å². The number of hydrogen-bond acceptors (Lipinski definition) is 11. The van der Waals surface area contributed by atoms with Gasteiger partial charge in [-0.1, -0.05) is 13.0 Å². The van der Waals surface area contributed by atoms with E-state index < -0.39 is 93.1 Å². The maximum atomic E-state index is 13.8. The molecular formula is C27H33N3O10. The molecule has 0 spiro atoms. The van der Waals surface area contributed by atoms with Crippen LogP contribution in [-0.4, -0.2) is 91.4 Å². The number of likely N-dealkylation sites (N-methyl/N-ethyl adjacent to an activating group) is 1. The number of Topliss-reactive ketones (excluding diaryl/α,β-unsaturated/α-hetero) is 2. The SMILES string of the molecule is C[C@H]1c2ccc(NC(=O)OC(C)(C)C)c(O)c2C(=O)C2=C(O)[C@]3(O)C(=O)C(C(N)=O)=C(O)[C@@H](N(C)C)[C@@H]3[C@@H](O)[C@@H]21. The minimum atomic E-state index is -3.01. The number of phenols is 1. The molecule has 1 aromatic carbocycles. The first-order valence-corrected chi connectivity index (χ1v) is 12.5. The van der Waals surface area contributed by atoms with Crippen molar-refractivity contribution in [3.05, 3.63) is 45.9 Å². The lowest BCUT2D eigenvalue weighted by Gasteiger charge is -2.53. The Balaban J connectivity index is 1.92. The van der Waals surface area contributed by atoms with Gasteiger partial charge in [-0.05, 0) is 52.4 Å². The number of nitrogens with zero attached hydrogens (tertiary/aromatic N) is 1. The number of amides is 2. The van der Waals surface area contributed by atoms with Gasteiger partial charge in [0.2, 0.25) is 5.78 Å². The molecule has 0 radical (unpaired) electrons. The van der Waals surface area contributed by atoms with E-state index in [-0.39, 0.29) is 16.8 Å². The molecule has 0 heterocycles. The van der Waals surface area contributed by atoms with Gasteiger partial charge in [-0.3, -0.25) is 24.6 Å². The van der Waals surface area contributed by atoms with E-state index in [0.29, 0.717) is 0 Å². The van der Waals surface area contributed by atoms with Crippen molar-refractivity contribution >= 4 is 29.3 Å². The third-order valence-corrected chi connectivity index (χ3v) is 7.77. The molecule has 216 valence electrons. The van der Waals surface area contributed by atoms with Gasteiger partial charge < -0.3 is 36.0 Å². The number of nitrogens with two attached hydrogens (primary N) is 1. The number of carbonyl (C=O) groups is 4. The standard InChI is InChI=1S/C27H33N3O10/c1-9-10-7-8-11(29-25(38)40-26(2,3)4)18(31)13(10)19(32)14-12(9)20(33)16-17(30(5)6)21(34)15(24(28)37)23(36)27(16,39)22(14)35/h7-9,12,16-17,20,31,33-35,39H,1-6H3,(H2,28,37)(H,29,38)/t9-,12+,16+,17-,20-,27-/m0/s1. The molecular weight excluding hydrogens is 526 g/mol. The smallest absolute Gasteiger partial charge is 0.412 e. The van der Waals surface area contributed by atoms with Crippen LogP contribution in [0.4, 0.5) is 10.5 Å². The van der Waals surface area contributed by atoms with Crippen LogP contribution in [0.25, 0.3) is 0 Å². The Morgan fingerprint density at radius 1 is 1.12 bits per heavy atom. The molecule has 1 aromatic rings. The van der Waals surface area contributed by atoms with Crippen LogP contribution in [0.15, 0.2) is 34.8 Å². The Kier molecular flexibility index (Phi) is 6.77. The van der Waals surface area contributed by atoms with Crippen molar-refractivity contribution in [2.75, 3.05) is 19.4 Å². The first-order valence-electron chi connectivity index (χ1n) is 12.5. The predicted molar refractivity (Wildman–Crippen MR) is 140 cm³/mol. The van der Waals surface area contributed by atoms with Crippen molar-refractivity contribution in [2.45, 2.75) is 57.0 Å². The summed E-state index contributed by atoms with van der Waals surface area (Å²) < 4.78 is 5.19. The number of benzene rings is 1. The summed E-state index contributed by atoms with van der Waals surface area (Å²) in [6.45, 7) is 6.52. The fourth-order valence-electron chi connectivity index (χ4n) is 6.14. The van der Waals surface area contributed by atoms with E-state index in [9.17, 15) is 44.7 Å². The predicted octanol–water partition coefficient (Wildman–Crippen LogP) is 0.999. The van der Waals surface area contributed by atoms with Crippen molar-refractivity contribution in [3.63, 3.8) is 0 Å². The quantitative estimate of drug-likeness (QED) is 0.204. The van der Waals surface area contributed by atoms with Crippen LogP contribution in [0, 0.1) is 11.8 Å². The molecule has 0 bridgehead atoms. The van der Waals surface area contributed by atoms with Crippen LogP contribution < -0.4 is 11.1 Å². The van der Waals surface area contributed by atoms with E-state index in [1.54, 1.807) is 27.7 Å². The van der Waals surface area contributed by atoms with E-state index in [4.69, 9.17) is 10.5 Å². The lowest BCUT2D eigenvalue weighted by molar-refractivity contribution is -0.162. The second kappa shape index (κ2) is 9.32. The summed E-state index contributed by atoms with van der Waals surface area (Å²) in [6, 6.07) is 1.47. The van der Waals surface area contributed by atoms with Gasteiger partial charge in [0.15, 0.2) is 17.1 Å². The number of carbonyl (C=O) groups excluding carboxylic acids is 4. The molecule has 13 heteroatoms. The Bertz CT molecular complexity index is 1410. The zero-order chi connectivity index (χ0) is 30.2. The molecule has 3 aliphatic rings. The Labute approximate surface area is 229 Å². The van der Waals surface area contributed by atoms with Crippen molar-refractivity contribution in [1.82, 2.24) is 4.90 Å². The number of phenolic OH excluding ortho intramolecular Hbond substituents is 1. The number of ether oxygens (including phenoxy) is 1. The monoisotopic (exact) mass is 559 g/mol. The summed E-state index contributed by atoms with van der Waals surface area (Å²) in [4.78, 5) is 53.0. The minimum absolute atomic E-state index is 0.176. The van der Waals surface area contributed by atoms with Crippen LogP contribution in [0.5, 0.6) is 5.75 Å². The van der Waals surface area contributed by atoms with E-state index >= 15 is 0 Å². The summed E-state index contributed by atoms with van der Waals surface area (Å²) in [5.41, 5.74) is -0.297. The fraction of sp³-hybridized carbons (Fsp3) is 0.481. The first-order chi connectivity index (χ1) is 18.4. The highest BCUT2D eigenvalue weighted by atomic mass is 16.6. The topological polar surface area (TPSA) is 220 Å². The first kappa shape index (κ1) is 29.1. The number of aliphatic hydroxyl groups is 4. The second-order valence-electron chi connectivity index (χ2n) is 11.6. The number of ketones is 2. The summed E-state index contributed by atoms with van der Waals surface area (Å²) in [5.74, 6) is -9.98. The summed E-state index contributed by atoms with van der Waals surface area (Å²) in [7, 11) is 2.92. The highest BCUT2D eigenvalue weighted by molar-refractivity contribution is 6.25. The number of anilines is 1. The molecule has 2 amide bonds. The van der Waals surface area contributed by atoms with E-state index in [1.165, 1.54) is 31.1 Å². The molecule has 6 atom stereocenters. The van der Waals surface area contributed by atoms with Crippen LogP contribution in [-0.2, 0) is 14.3 Å². The lowest BCUT2D eigenvalue weighted by Crippen LogP contribution is -2.68. The second-order valence-corrected chi connectivity index (χ2v) is 11.6. The van der Waals surface area contributed by atoms with Gasteiger partial charge in [0.25, 0.3) is 5.91 Å². The number of rotatable bonds is 3. The molecule has 4 rings (SSSR count). The largest absolute Gasteiger partial charge is 0.510 e. The van der Waals surface area contributed by atoms with Gasteiger partial charge in [0, 0.05) is 11.5 Å². The highest BCUT2D eigenvalue weighted by Crippen LogP contribution is 2.56. The number of aliphatic hydroxyl groups excluding tert-OH is 3. The van der Waals surface area contributed by atoms with Crippen LogP contribution in [0.1, 0.15) is 49.5 Å². The van der Waals surface area contributed by atoms with Gasteiger partial charge in [-0.15, -0.1) is 0 Å². The number of nitrogens with one attached hydrogen (secondary N) is 1. The third kappa shape index (κ3) is 4.03. The normalized spacial score (nSPS) is 30.1. The van der Waals surface area contributed by atoms with Crippen molar-refractivity contribution in [2.24, 2.45) is 17.6 Å². The van der Waals surface area contributed by atoms with Gasteiger partial charge in [-0.2, -0.15) is 0 Å². The summed E-state index contributed by atoms with van der Waals surface area (Å²) >= 11 is 0. The van der Waals surface area contributed by atoms with Crippen molar-refractivity contribution < 1.29 is 49.4 Å². The average molecular weight is 560 g/mol. The Morgan fingerprint density at radius 3 is 2.25 bits per heavy atom. The molecule has 0 unspecified atom stereocenters. The maximum Gasteiger partial charge on any atom is 0.412 e. The summed E-state index contributed by atoms with van der Waals surface area (Å²) in [6.07, 6.45) is -2.60. The fourth-order valence-corrected chi connectivity index (χ4v) is 6.14. The van der Waals surface area contributed by atoms with Gasteiger partial charge in [-0.25, -0.2) is 4.79 Å². The van der Waals surface area contributed by atoms with Crippen molar-refractivity contribution in [1.29, 1.82) is 0 Å². The minimum Gasteiger partial charge on any atom is -0.510 e. The highest BCUT2D eigenvalue weighted by Gasteiger charge is 2.67. The number of hydrogen-bond donors (Lipinski definition) is 7. The van der Waals surface area contributed by atoms with Crippen LogP contribution in [0.3, 0.4) is 0 Å². The molecule has 0 aromatic heterocycles. The van der Waals surface area contributed by atoms with E-state index in [2.05, 4.69) is 5.32 Å².